The predicted molar refractivity (Wildman–Crippen MR) is 212 cm³/mol. The van der Waals surface area contributed by atoms with Crippen molar-refractivity contribution in [2.75, 3.05) is 54.2 Å². The minimum atomic E-state index is -2.67. The van der Waals surface area contributed by atoms with Crippen LogP contribution >= 0.6 is 83.6 Å². The summed E-state index contributed by atoms with van der Waals surface area (Å²) in [6.07, 6.45) is 1.79. The molecule has 0 saturated carbocycles. The number of benzene rings is 2. The molecule has 18 heteroatoms. The highest BCUT2D eigenvalue weighted by Gasteiger charge is 2.39. The molecule has 0 N–H and O–H groups in total. The molecule has 254 valence electrons. The Morgan fingerprint density at radius 1 is 0.565 bits per heavy atom. The largest absolute Gasteiger partial charge is 0.500 e. The fourth-order valence-corrected chi connectivity index (χ4v) is 22.9. The molecular weight excluding hydrogens is 773 g/mol. The van der Waals surface area contributed by atoms with E-state index in [1.54, 1.807) is 85.0 Å². The Bertz CT molecular complexity index is 1270. The third-order valence-corrected chi connectivity index (χ3v) is 26.5. The zero-order valence-corrected chi connectivity index (χ0v) is 35.2. The van der Waals surface area contributed by atoms with Crippen LogP contribution in [-0.4, -0.2) is 81.7 Å². The van der Waals surface area contributed by atoms with Crippen molar-refractivity contribution >= 4 is 122 Å². The van der Waals surface area contributed by atoms with E-state index in [0.29, 0.717) is 0 Å². The maximum atomic E-state index is 5.70. The van der Waals surface area contributed by atoms with E-state index in [2.05, 4.69) is 36.4 Å². The normalized spacial score (nSPS) is 14.0. The molecule has 0 aliphatic carbocycles. The van der Waals surface area contributed by atoms with Gasteiger partial charge in [-0.2, -0.15) is 0 Å². The predicted octanol–water partition coefficient (Wildman–Crippen LogP) is 10.3. The number of thiazole rings is 2. The van der Waals surface area contributed by atoms with E-state index < -0.39 is 17.6 Å². The summed E-state index contributed by atoms with van der Waals surface area (Å²) >= 11 is 3.56. The van der Waals surface area contributed by atoms with Gasteiger partial charge in [0.1, 0.15) is 0 Å². The van der Waals surface area contributed by atoms with Crippen molar-refractivity contribution in [3.05, 3.63) is 58.5 Å². The summed E-state index contributed by atoms with van der Waals surface area (Å²) < 4.78 is 36.7. The van der Waals surface area contributed by atoms with E-state index in [1.807, 2.05) is 53.4 Å². The summed E-state index contributed by atoms with van der Waals surface area (Å²) in [5, 5.41) is 2.32. The van der Waals surface area contributed by atoms with Crippen molar-refractivity contribution in [1.29, 1.82) is 0 Å². The molecule has 46 heavy (non-hydrogen) atoms. The van der Waals surface area contributed by atoms with Gasteiger partial charge < -0.3 is 26.6 Å². The number of hydrogen-bond donors (Lipinski definition) is 0. The minimum Gasteiger partial charge on any atom is -0.377 e. The Kier molecular flexibility index (Phi) is 17.4. The van der Waals surface area contributed by atoms with Crippen LogP contribution in [0.15, 0.2) is 48.5 Å². The van der Waals surface area contributed by atoms with Crippen LogP contribution in [-0.2, 0) is 26.6 Å². The second-order valence-corrected chi connectivity index (χ2v) is 27.9. The lowest BCUT2D eigenvalue weighted by atomic mass is 10.1. The van der Waals surface area contributed by atoms with Gasteiger partial charge in [-0.3, -0.25) is 0 Å². The average molecular weight is 813 g/mol. The minimum absolute atomic E-state index is 0.284. The van der Waals surface area contributed by atoms with E-state index in [9.17, 15) is 0 Å². The monoisotopic (exact) mass is 812 g/mol. The summed E-state index contributed by atoms with van der Waals surface area (Å²) in [4.78, 5) is 9.95. The fourth-order valence-electron chi connectivity index (χ4n) is 4.78. The zero-order valence-electron chi connectivity index (χ0n) is 26.6. The van der Waals surface area contributed by atoms with Crippen LogP contribution in [0.3, 0.4) is 0 Å². The highest BCUT2D eigenvalue weighted by Crippen LogP contribution is 2.54. The van der Waals surface area contributed by atoms with Gasteiger partial charge in [0.25, 0.3) is 0 Å². The quantitative estimate of drug-likeness (QED) is 0.0405. The first-order chi connectivity index (χ1) is 22.4. The third kappa shape index (κ3) is 11.0. The number of para-hydroxylation sites is 2. The molecule has 4 rings (SSSR count). The Labute approximate surface area is 305 Å². The third-order valence-electron chi connectivity index (χ3n) is 7.50. The molecule has 2 aromatic carbocycles. The Hall–Kier alpha value is 0.514. The van der Waals surface area contributed by atoms with E-state index in [0.717, 1.165) is 57.5 Å². The lowest BCUT2D eigenvalue weighted by Gasteiger charge is -2.26. The number of aromatic nitrogens is 2. The van der Waals surface area contributed by atoms with Gasteiger partial charge in [0.05, 0.1) is 30.4 Å². The molecule has 4 aromatic rings. The van der Waals surface area contributed by atoms with Crippen molar-refractivity contribution in [2.45, 2.75) is 36.8 Å². The Balaban J connectivity index is 1.27. The van der Waals surface area contributed by atoms with Crippen LogP contribution in [0.2, 0.25) is 12.1 Å². The molecule has 0 spiro atoms. The van der Waals surface area contributed by atoms with Crippen LogP contribution in [0, 0.1) is 0 Å². The van der Waals surface area contributed by atoms with Crippen molar-refractivity contribution in [3.8, 4) is 0 Å². The van der Waals surface area contributed by atoms with Gasteiger partial charge in [-0.05, 0) is 76.4 Å². The number of rotatable bonds is 23. The Morgan fingerprint density at radius 2 is 0.935 bits per heavy atom. The van der Waals surface area contributed by atoms with Crippen LogP contribution < -0.4 is 0 Å². The van der Waals surface area contributed by atoms with Crippen molar-refractivity contribution < 1.29 is 26.6 Å². The maximum Gasteiger partial charge on any atom is 0.500 e. The molecule has 0 saturated heterocycles. The summed E-state index contributed by atoms with van der Waals surface area (Å²) in [6, 6.07) is 18.2. The summed E-state index contributed by atoms with van der Waals surface area (Å²) in [7, 11) is 15.7. The molecule has 0 amide bonds. The molecule has 2 unspecified atom stereocenters. The number of hydrogen-bond acceptors (Lipinski definition) is 16. The summed E-state index contributed by atoms with van der Waals surface area (Å²) in [5.74, 6) is 2.46. The first-order valence-electron chi connectivity index (χ1n) is 14.4. The van der Waals surface area contributed by atoms with Crippen LogP contribution in [0.5, 0.6) is 0 Å². The first-order valence-corrected chi connectivity index (χ1v) is 27.7. The van der Waals surface area contributed by atoms with Gasteiger partial charge in [0.2, 0.25) is 0 Å². The molecular formula is C28H40N2O6S8Si2. The number of fused-ring (bicyclic) bond motifs is 2. The SMILES string of the molecule is CO[Si](CCC(CSSSSSSCC(CC[Si](OC)(OC)OC)c1nc2ccccc2s1)c1nc2ccccc2s1)(OC)OC. The first kappa shape index (κ1) is 39.3. The molecule has 0 bridgehead atoms. The van der Waals surface area contributed by atoms with E-state index in [-0.39, 0.29) is 11.8 Å². The van der Waals surface area contributed by atoms with Gasteiger partial charge in [-0.15, -0.1) is 22.7 Å². The van der Waals surface area contributed by atoms with Crippen LogP contribution in [0.25, 0.3) is 20.4 Å². The Morgan fingerprint density at radius 3 is 1.28 bits per heavy atom. The van der Waals surface area contributed by atoms with Gasteiger partial charge in [0, 0.05) is 78.1 Å². The summed E-state index contributed by atoms with van der Waals surface area (Å²) in [6.45, 7) is 0. The topological polar surface area (TPSA) is 81.2 Å². The van der Waals surface area contributed by atoms with Crippen molar-refractivity contribution in [3.63, 3.8) is 0 Å². The maximum absolute atomic E-state index is 5.70. The fraction of sp³-hybridized carbons (Fsp3) is 0.500. The van der Waals surface area contributed by atoms with Gasteiger partial charge in [-0.1, -0.05) is 45.9 Å². The van der Waals surface area contributed by atoms with E-state index >= 15 is 0 Å². The molecule has 0 radical (unpaired) electrons. The summed E-state index contributed by atoms with van der Waals surface area (Å²) in [5.41, 5.74) is 2.11. The second-order valence-electron chi connectivity index (χ2n) is 9.94. The second kappa shape index (κ2) is 20.4. The standard InChI is InChI=1S/C28H40N2O6S8Si2/c1-31-45(32-2,33-3)17-15-21(27-29-23-11-7-9-13-25(23)39-27)19-37-41-43-44-42-38-20-22(16-18-46(34-4,35-5)36-6)28-30-24-12-8-10-14-26(24)40-28/h7-14,21-22H,15-20H2,1-6H3. The smallest absolute Gasteiger partial charge is 0.377 e. The van der Waals surface area contributed by atoms with Gasteiger partial charge in [-0.25, -0.2) is 9.97 Å². The van der Waals surface area contributed by atoms with E-state index in [4.69, 9.17) is 36.5 Å². The average Bonchev–Trinajstić information content (AvgIpc) is 3.73. The lowest BCUT2D eigenvalue weighted by molar-refractivity contribution is 0.122. The number of nitrogens with zero attached hydrogens (tertiary/aromatic N) is 2. The van der Waals surface area contributed by atoms with Crippen molar-refractivity contribution in [1.82, 2.24) is 9.97 Å². The highest BCUT2D eigenvalue weighted by molar-refractivity contribution is 9.41. The zero-order chi connectivity index (χ0) is 32.8. The van der Waals surface area contributed by atoms with Gasteiger partial charge >= 0.3 is 17.6 Å². The van der Waals surface area contributed by atoms with Crippen LogP contribution in [0.4, 0.5) is 0 Å². The molecule has 0 fully saturated rings. The molecule has 2 aromatic heterocycles. The molecule has 0 aliphatic rings. The lowest BCUT2D eigenvalue weighted by Crippen LogP contribution is -2.42. The molecule has 2 atom stereocenters. The molecule has 0 aliphatic heterocycles. The van der Waals surface area contributed by atoms with Crippen molar-refractivity contribution in [2.24, 2.45) is 0 Å². The van der Waals surface area contributed by atoms with Crippen LogP contribution in [0.1, 0.15) is 34.7 Å². The highest BCUT2D eigenvalue weighted by atomic mass is 33.9. The molecule has 8 nitrogen and oxygen atoms in total. The van der Waals surface area contributed by atoms with E-state index in [1.165, 1.54) is 9.40 Å². The van der Waals surface area contributed by atoms with Gasteiger partial charge in [0.15, 0.2) is 0 Å². The molecule has 2 heterocycles.